The van der Waals surface area contributed by atoms with Crippen molar-refractivity contribution in [1.82, 2.24) is 20.2 Å². The number of carbonyl (C=O) groups is 3. The summed E-state index contributed by atoms with van der Waals surface area (Å²) in [4.78, 5) is 45.3. The molecule has 0 saturated carbocycles. The summed E-state index contributed by atoms with van der Waals surface area (Å²) in [5.41, 5.74) is 0. The van der Waals surface area contributed by atoms with Crippen LogP contribution in [0, 0.1) is 5.92 Å². The first kappa shape index (κ1) is 24.1. The zero-order valence-corrected chi connectivity index (χ0v) is 18.6. The van der Waals surface area contributed by atoms with Crippen LogP contribution in [0.15, 0.2) is 18.3 Å². The lowest BCUT2D eigenvalue weighted by Crippen LogP contribution is -2.48. The molecule has 0 aliphatic carbocycles. The van der Waals surface area contributed by atoms with Gasteiger partial charge in [-0.15, -0.1) is 5.10 Å². The fraction of sp³-hybridized carbons (Fsp3) is 0.682. The lowest BCUT2D eigenvalue weighted by Gasteiger charge is -2.32. The van der Waals surface area contributed by atoms with E-state index in [4.69, 9.17) is 9.57 Å². The number of carbonyl (C=O) groups excluding carboxylic acids is 3. The zero-order valence-electron chi connectivity index (χ0n) is 18.6. The Balaban J connectivity index is 1.64. The maximum Gasteiger partial charge on any atom is 0.248 e. The minimum absolute atomic E-state index is 0.129. The van der Waals surface area contributed by atoms with E-state index in [0.717, 1.165) is 32.1 Å². The van der Waals surface area contributed by atoms with Crippen molar-refractivity contribution in [2.75, 3.05) is 25.0 Å². The lowest BCUT2D eigenvalue weighted by molar-refractivity contribution is -0.276. The highest BCUT2D eigenvalue weighted by Crippen LogP contribution is 2.24. The molecule has 3 rings (SSSR count). The van der Waals surface area contributed by atoms with Gasteiger partial charge in [-0.25, -0.2) is 9.90 Å². The van der Waals surface area contributed by atoms with Crippen molar-refractivity contribution in [3.05, 3.63) is 18.3 Å². The second kappa shape index (κ2) is 12.4. The molecule has 1 unspecified atom stereocenters. The minimum Gasteiger partial charge on any atom is -0.350 e. The molecule has 3 atom stereocenters. The predicted octanol–water partition coefficient (Wildman–Crippen LogP) is 2.13. The lowest BCUT2D eigenvalue weighted by atomic mass is 9.99. The smallest absolute Gasteiger partial charge is 0.248 e. The summed E-state index contributed by atoms with van der Waals surface area (Å²) >= 11 is 0. The largest absolute Gasteiger partial charge is 0.350 e. The third-order valence-corrected chi connectivity index (χ3v) is 5.83. The van der Waals surface area contributed by atoms with Crippen molar-refractivity contribution in [3.63, 3.8) is 0 Å². The molecule has 3 heterocycles. The van der Waals surface area contributed by atoms with Crippen molar-refractivity contribution < 1.29 is 24.0 Å². The average Bonchev–Trinajstić information content (AvgIpc) is 3.32. The van der Waals surface area contributed by atoms with Crippen molar-refractivity contribution in [2.45, 2.75) is 70.6 Å². The number of anilines is 1. The van der Waals surface area contributed by atoms with Gasteiger partial charge in [0.1, 0.15) is 6.04 Å². The quantitative estimate of drug-likeness (QED) is 0.408. The average molecular weight is 448 g/mol. The van der Waals surface area contributed by atoms with Crippen LogP contribution in [0.1, 0.15) is 58.3 Å². The Hall–Kier alpha value is -2.59. The molecule has 32 heavy (non-hydrogen) atoms. The molecule has 2 aliphatic heterocycles. The second-order valence-electron chi connectivity index (χ2n) is 8.23. The monoisotopic (exact) mass is 447 g/mol. The maximum absolute atomic E-state index is 13.5. The van der Waals surface area contributed by atoms with Gasteiger partial charge in [0.05, 0.1) is 12.5 Å². The van der Waals surface area contributed by atoms with Crippen molar-refractivity contribution in [1.29, 1.82) is 0 Å². The number of nitrogens with one attached hydrogen (secondary N) is 1. The topological polar surface area (TPSA) is 114 Å². The number of ether oxygens (including phenoxy) is 1. The molecule has 2 saturated heterocycles. The number of hydrogen-bond donors (Lipinski definition) is 1. The van der Waals surface area contributed by atoms with E-state index in [1.165, 1.54) is 11.3 Å². The maximum atomic E-state index is 13.5. The SMILES string of the molecule is CCCC[C@H](CN(C=O)OC1CCCCO1)C(=O)N1CCC[C@H]1C(=O)Nc1cccnn1. The van der Waals surface area contributed by atoms with Crippen molar-refractivity contribution in [2.24, 2.45) is 5.92 Å². The van der Waals surface area contributed by atoms with Gasteiger partial charge in [0, 0.05) is 25.8 Å². The van der Waals surface area contributed by atoms with Crippen LogP contribution < -0.4 is 5.32 Å². The van der Waals surface area contributed by atoms with Gasteiger partial charge in [-0.3, -0.25) is 14.4 Å². The molecule has 1 aromatic heterocycles. The fourth-order valence-electron chi connectivity index (χ4n) is 4.13. The second-order valence-corrected chi connectivity index (χ2v) is 8.23. The molecule has 2 fully saturated rings. The molecule has 3 amide bonds. The number of rotatable bonds is 11. The molecule has 1 aromatic rings. The minimum atomic E-state index is -0.569. The molecule has 0 bridgehead atoms. The fourth-order valence-corrected chi connectivity index (χ4v) is 4.13. The predicted molar refractivity (Wildman–Crippen MR) is 116 cm³/mol. The molecule has 0 radical (unpaired) electrons. The first-order chi connectivity index (χ1) is 15.6. The van der Waals surface area contributed by atoms with Gasteiger partial charge in [0.15, 0.2) is 12.1 Å². The van der Waals surface area contributed by atoms with Crippen LogP contribution in [0.5, 0.6) is 0 Å². The third-order valence-electron chi connectivity index (χ3n) is 5.83. The van der Waals surface area contributed by atoms with Crippen LogP contribution in [-0.2, 0) is 24.0 Å². The first-order valence-electron chi connectivity index (χ1n) is 11.5. The molecule has 0 aromatic carbocycles. The van der Waals surface area contributed by atoms with E-state index in [9.17, 15) is 14.4 Å². The van der Waals surface area contributed by atoms with E-state index in [1.54, 1.807) is 17.0 Å². The van der Waals surface area contributed by atoms with Gasteiger partial charge in [-0.2, -0.15) is 5.10 Å². The first-order valence-corrected chi connectivity index (χ1v) is 11.5. The number of unbranched alkanes of at least 4 members (excludes halogenated alkanes) is 1. The Morgan fingerprint density at radius 3 is 2.94 bits per heavy atom. The number of amides is 3. The zero-order chi connectivity index (χ0) is 22.8. The van der Waals surface area contributed by atoms with Crippen LogP contribution >= 0.6 is 0 Å². The van der Waals surface area contributed by atoms with E-state index in [1.807, 2.05) is 0 Å². The summed E-state index contributed by atoms with van der Waals surface area (Å²) < 4.78 is 5.56. The Bertz CT molecular complexity index is 743. The van der Waals surface area contributed by atoms with Gasteiger partial charge in [-0.1, -0.05) is 19.8 Å². The summed E-state index contributed by atoms with van der Waals surface area (Å²) in [6.07, 6.45) is 8.05. The highest BCUT2D eigenvalue weighted by Gasteiger charge is 2.38. The molecular formula is C22H33N5O5. The number of aromatic nitrogens is 2. The molecule has 176 valence electrons. The van der Waals surface area contributed by atoms with E-state index < -0.39 is 18.2 Å². The number of likely N-dealkylation sites (tertiary alicyclic amines) is 1. The van der Waals surface area contributed by atoms with Gasteiger partial charge in [-0.05, 0) is 44.2 Å². The van der Waals surface area contributed by atoms with E-state index >= 15 is 0 Å². The van der Waals surface area contributed by atoms with Crippen molar-refractivity contribution in [3.8, 4) is 0 Å². The van der Waals surface area contributed by atoms with Crippen molar-refractivity contribution >= 4 is 24.0 Å². The molecule has 1 N–H and O–H groups in total. The summed E-state index contributed by atoms with van der Waals surface area (Å²) in [5.74, 6) is -0.499. The third kappa shape index (κ3) is 6.70. The van der Waals surface area contributed by atoms with E-state index in [2.05, 4.69) is 22.4 Å². The molecule has 2 aliphatic rings. The summed E-state index contributed by atoms with van der Waals surface area (Å²) in [5, 5.41) is 11.6. The Morgan fingerprint density at radius 2 is 2.25 bits per heavy atom. The van der Waals surface area contributed by atoms with Gasteiger partial charge < -0.3 is 15.0 Å². The summed E-state index contributed by atoms with van der Waals surface area (Å²) in [7, 11) is 0. The molecular weight excluding hydrogens is 414 g/mol. The normalized spacial score (nSPS) is 21.7. The van der Waals surface area contributed by atoms with Crippen LogP contribution in [0.2, 0.25) is 0 Å². The highest BCUT2D eigenvalue weighted by atomic mass is 16.8. The van der Waals surface area contributed by atoms with Crippen LogP contribution in [0.25, 0.3) is 0 Å². The van der Waals surface area contributed by atoms with Crippen LogP contribution in [0.4, 0.5) is 5.82 Å². The summed E-state index contributed by atoms with van der Waals surface area (Å²) in [6, 6.07) is 2.77. The van der Waals surface area contributed by atoms with Crippen LogP contribution in [0.3, 0.4) is 0 Å². The molecule has 10 heteroatoms. The Kier molecular flexibility index (Phi) is 9.36. The van der Waals surface area contributed by atoms with Crippen LogP contribution in [-0.4, -0.2) is 70.4 Å². The van der Waals surface area contributed by atoms with E-state index in [0.29, 0.717) is 44.6 Å². The number of nitrogens with zero attached hydrogens (tertiary/aromatic N) is 4. The van der Waals surface area contributed by atoms with Gasteiger partial charge in [0.2, 0.25) is 18.2 Å². The Labute approximate surface area is 188 Å². The summed E-state index contributed by atoms with van der Waals surface area (Å²) in [6.45, 7) is 3.30. The van der Waals surface area contributed by atoms with E-state index in [-0.39, 0.29) is 18.4 Å². The number of hydroxylamine groups is 2. The van der Waals surface area contributed by atoms with Gasteiger partial charge in [0.25, 0.3) is 0 Å². The number of hydrogen-bond acceptors (Lipinski definition) is 7. The Morgan fingerprint density at radius 1 is 1.38 bits per heavy atom. The molecule has 0 spiro atoms. The highest BCUT2D eigenvalue weighted by molar-refractivity contribution is 5.97. The van der Waals surface area contributed by atoms with Gasteiger partial charge >= 0.3 is 0 Å². The molecule has 10 nitrogen and oxygen atoms in total. The standard InChI is InChI=1S/C22H33N5O5/c1-2-3-8-17(15-26(16-28)32-20-11-4-5-14-31-20)22(30)27-13-7-9-18(27)21(29)24-19-10-6-12-23-25-19/h6,10,12,16-18,20H,2-5,7-9,11,13-15H2,1H3,(H,24,25,29)/t17-,18+,20?/m1/s1.